The summed E-state index contributed by atoms with van der Waals surface area (Å²) in [5, 5.41) is 2.94. The van der Waals surface area contributed by atoms with Crippen LogP contribution in [0.4, 0.5) is 10.1 Å². The maximum Gasteiger partial charge on any atom is 0.234 e. The lowest BCUT2D eigenvalue weighted by molar-refractivity contribution is -0.113. The summed E-state index contributed by atoms with van der Waals surface area (Å²) in [6, 6.07) is 14.5. The minimum atomic E-state index is -0.222. The third-order valence-electron chi connectivity index (χ3n) is 3.31. The fourth-order valence-electron chi connectivity index (χ4n) is 2.17. The fraction of sp³-hybridized carbons (Fsp3) is 0.278. The van der Waals surface area contributed by atoms with Crippen LogP contribution in [0.3, 0.4) is 0 Å². The van der Waals surface area contributed by atoms with Crippen LogP contribution in [-0.4, -0.2) is 11.7 Å². The highest BCUT2D eigenvalue weighted by Gasteiger charge is 2.09. The third-order valence-corrected chi connectivity index (χ3v) is 4.29. The Labute approximate surface area is 135 Å². The number of carbonyl (C=O) groups excluding carboxylic acids is 1. The van der Waals surface area contributed by atoms with Crippen molar-refractivity contribution in [2.45, 2.75) is 25.5 Å². The monoisotopic (exact) mass is 317 g/mol. The van der Waals surface area contributed by atoms with Gasteiger partial charge < -0.3 is 5.32 Å². The Morgan fingerprint density at radius 3 is 2.55 bits per heavy atom. The Kier molecular flexibility index (Phi) is 6.01. The largest absolute Gasteiger partial charge is 0.325 e. The van der Waals surface area contributed by atoms with Gasteiger partial charge in [-0.2, -0.15) is 0 Å². The van der Waals surface area contributed by atoms with Crippen LogP contribution in [0.2, 0.25) is 0 Å². The molecule has 0 fully saturated rings. The molecule has 0 atom stereocenters. The van der Waals surface area contributed by atoms with Crippen LogP contribution in [-0.2, 0) is 10.5 Å². The summed E-state index contributed by atoms with van der Waals surface area (Å²) in [4.78, 5) is 12.0. The molecule has 22 heavy (non-hydrogen) atoms. The van der Waals surface area contributed by atoms with Crippen LogP contribution < -0.4 is 5.32 Å². The van der Waals surface area contributed by atoms with E-state index in [1.165, 1.54) is 17.8 Å². The van der Waals surface area contributed by atoms with E-state index in [1.807, 2.05) is 24.3 Å². The van der Waals surface area contributed by atoms with Gasteiger partial charge in [0.1, 0.15) is 5.82 Å². The molecule has 0 saturated carbocycles. The van der Waals surface area contributed by atoms with Crippen molar-refractivity contribution in [3.05, 3.63) is 65.5 Å². The molecule has 0 heterocycles. The maximum absolute atomic E-state index is 13.5. The number of halogens is 1. The van der Waals surface area contributed by atoms with Gasteiger partial charge in [0.15, 0.2) is 0 Å². The van der Waals surface area contributed by atoms with E-state index >= 15 is 0 Å². The lowest BCUT2D eigenvalue weighted by Gasteiger charge is -2.13. The molecule has 0 unspecified atom stereocenters. The molecule has 0 radical (unpaired) electrons. The highest BCUT2D eigenvalue weighted by atomic mass is 32.2. The van der Waals surface area contributed by atoms with E-state index in [0.29, 0.717) is 23.0 Å². The molecule has 1 N–H and O–H groups in total. The molecule has 0 saturated heterocycles. The number of para-hydroxylation sites is 1. The Balaban J connectivity index is 1.88. The van der Waals surface area contributed by atoms with Crippen molar-refractivity contribution in [2.24, 2.45) is 0 Å². The first-order chi connectivity index (χ1) is 10.6. The third kappa shape index (κ3) is 4.60. The van der Waals surface area contributed by atoms with E-state index < -0.39 is 0 Å². The molecule has 2 rings (SSSR count). The standard InChI is InChI=1S/C18H20FNOS/c1-13(2)15-8-4-6-10-17(15)20-18(21)12-22-11-14-7-3-5-9-16(14)19/h3-10,13H,11-12H2,1-2H3,(H,20,21). The smallest absolute Gasteiger partial charge is 0.234 e. The van der Waals surface area contributed by atoms with Crippen LogP contribution in [0, 0.1) is 5.82 Å². The van der Waals surface area contributed by atoms with Crippen LogP contribution in [0.5, 0.6) is 0 Å². The van der Waals surface area contributed by atoms with Gasteiger partial charge in [-0.15, -0.1) is 11.8 Å². The molecule has 0 aliphatic rings. The summed E-state index contributed by atoms with van der Waals surface area (Å²) >= 11 is 1.41. The molecule has 2 aromatic carbocycles. The molecule has 2 aromatic rings. The molecule has 0 aliphatic heterocycles. The SMILES string of the molecule is CC(C)c1ccccc1NC(=O)CSCc1ccccc1F. The quantitative estimate of drug-likeness (QED) is 0.827. The number of anilines is 1. The predicted molar refractivity (Wildman–Crippen MR) is 91.7 cm³/mol. The van der Waals surface area contributed by atoms with Gasteiger partial charge in [0.05, 0.1) is 5.75 Å². The second-order valence-corrected chi connectivity index (χ2v) is 6.36. The lowest BCUT2D eigenvalue weighted by Crippen LogP contribution is -2.15. The number of carbonyl (C=O) groups is 1. The molecule has 4 heteroatoms. The summed E-state index contributed by atoms with van der Waals surface area (Å²) in [6.45, 7) is 4.19. The normalized spacial score (nSPS) is 10.7. The van der Waals surface area contributed by atoms with Gasteiger partial charge in [-0.3, -0.25) is 4.79 Å². The molecule has 116 valence electrons. The van der Waals surface area contributed by atoms with Gasteiger partial charge in [-0.1, -0.05) is 50.2 Å². The number of hydrogen-bond donors (Lipinski definition) is 1. The number of amides is 1. The number of thioether (sulfide) groups is 1. The summed E-state index contributed by atoms with van der Waals surface area (Å²) in [5.41, 5.74) is 2.60. The zero-order valence-electron chi connectivity index (χ0n) is 12.8. The van der Waals surface area contributed by atoms with Gasteiger partial charge >= 0.3 is 0 Å². The Hall–Kier alpha value is -1.81. The number of rotatable bonds is 6. The van der Waals surface area contributed by atoms with Crippen LogP contribution in [0.25, 0.3) is 0 Å². The highest BCUT2D eigenvalue weighted by Crippen LogP contribution is 2.24. The molecule has 1 amide bonds. The molecule has 0 aromatic heterocycles. The molecular weight excluding hydrogens is 297 g/mol. The van der Waals surface area contributed by atoms with E-state index in [2.05, 4.69) is 19.2 Å². The Bertz CT molecular complexity index is 642. The first-order valence-corrected chi connectivity index (χ1v) is 8.43. The van der Waals surface area contributed by atoms with Gasteiger partial charge in [0, 0.05) is 11.4 Å². The second kappa shape index (κ2) is 7.99. The van der Waals surface area contributed by atoms with Crippen LogP contribution in [0.15, 0.2) is 48.5 Å². The summed E-state index contributed by atoms with van der Waals surface area (Å²) in [5.74, 6) is 0.865. The van der Waals surface area contributed by atoms with Crippen molar-refractivity contribution in [1.82, 2.24) is 0 Å². The zero-order valence-corrected chi connectivity index (χ0v) is 13.6. The van der Waals surface area contributed by atoms with E-state index in [9.17, 15) is 9.18 Å². The van der Waals surface area contributed by atoms with E-state index in [1.54, 1.807) is 18.2 Å². The van der Waals surface area contributed by atoms with Gasteiger partial charge in [0.25, 0.3) is 0 Å². The number of nitrogens with one attached hydrogen (secondary N) is 1. The minimum Gasteiger partial charge on any atom is -0.325 e. The summed E-state index contributed by atoms with van der Waals surface area (Å²) in [6.07, 6.45) is 0. The van der Waals surface area contributed by atoms with Crippen molar-refractivity contribution in [3.63, 3.8) is 0 Å². The second-order valence-electron chi connectivity index (χ2n) is 5.37. The average molecular weight is 317 g/mol. The average Bonchev–Trinajstić information content (AvgIpc) is 2.49. The first-order valence-electron chi connectivity index (χ1n) is 7.28. The van der Waals surface area contributed by atoms with Gasteiger partial charge in [0.2, 0.25) is 5.91 Å². The van der Waals surface area contributed by atoms with E-state index in [-0.39, 0.29) is 11.7 Å². The van der Waals surface area contributed by atoms with Crippen molar-refractivity contribution >= 4 is 23.4 Å². The molecule has 2 nitrogen and oxygen atoms in total. The molecule has 0 spiro atoms. The van der Waals surface area contributed by atoms with Crippen molar-refractivity contribution < 1.29 is 9.18 Å². The summed E-state index contributed by atoms with van der Waals surface area (Å²) < 4.78 is 13.5. The van der Waals surface area contributed by atoms with Crippen molar-refractivity contribution in [3.8, 4) is 0 Å². The van der Waals surface area contributed by atoms with Crippen molar-refractivity contribution in [2.75, 3.05) is 11.1 Å². The number of benzene rings is 2. The molecule has 0 aliphatic carbocycles. The topological polar surface area (TPSA) is 29.1 Å². The predicted octanol–water partition coefficient (Wildman–Crippen LogP) is 4.82. The highest BCUT2D eigenvalue weighted by molar-refractivity contribution is 7.99. The molecule has 0 bridgehead atoms. The lowest BCUT2D eigenvalue weighted by atomic mass is 10.0. The Morgan fingerprint density at radius 1 is 1.14 bits per heavy atom. The van der Waals surface area contributed by atoms with E-state index in [0.717, 1.165) is 11.3 Å². The first kappa shape index (κ1) is 16.6. The number of hydrogen-bond acceptors (Lipinski definition) is 2. The van der Waals surface area contributed by atoms with Gasteiger partial charge in [-0.05, 0) is 29.2 Å². The Morgan fingerprint density at radius 2 is 1.82 bits per heavy atom. The summed E-state index contributed by atoms with van der Waals surface area (Å²) in [7, 11) is 0. The fourth-order valence-corrected chi connectivity index (χ4v) is 2.98. The van der Waals surface area contributed by atoms with Gasteiger partial charge in [-0.25, -0.2) is 4.39 Å². The molecular formula is C18H20FNOS. The van der Waals surface area contributed by atoms with Crippen LogP contribution >= 0.6 is 11.8 Å². The minimum absolute atomic E-state index is 0.0607. The maximum atomic E-state index is 13.5. The zero-order chi connectivity index (χ0) is 15.9. The van der Waals surface area contributed by atoms with E-state index in [4.69, 9.17) is 0 Å². The van der Waals surface area contributed by atoms with Crippen molar-refractivity contribution in [1.29, 1.82) is 0 Å². The van der Waals surface area contributed by atoms with Crippen LogP contribution in [0.1, 0.15) is 30.9 Å².